The minimum absolute atomic E-state index is 0.0466. The van der Waals surface area contributed by atoms with Gasteiger partial charge in [0.2, 0.25) is 0 Å². The Morgan fingerprint density at radius 1 is 1.54 bits per heavy atom. The zero-order chi connectivity index (χ0) is 9.42. The molecular formula is C7H3ClF2N2S. The predicted molar refractivity (Wildman–Crippen MR) is 48.8 cm³/mol. The highest BCUT2D eigenvalue weighted by atomic mass is 35.5. The second kappa shape index (κ2) is 3.16. The van der Waals surface area contributed by atoms with E-state index in [1.54, 1.807) is 0 Å². The summed E-state index contributed by atoms with van der Waals surface area (Å²) in [6.07, 6.45) is 2.41. The first kappa shape index (κ1) is 8.77. The van der Waals surface area contributed by atoms with Crippen LogP contribution in [0.1, 0.15) is 0 Å². The third kappa shape index (κ3) is 1.28. The zero-order valence-electron chi connectivity index (χ0n) is 6.17. The van der Waals surface area contributed by atoms with Crippen molar-refractivity contribution in [1.29, 1.82) is 0 Å². The van der Waals surface area contributed by atoms with Gasteiger partial charge in [-0.2, -0.15) is 0 Å². The van der Waals surface area contributed by atoms with Crippen molar-refractivity contribution in [3.05, 3.63) is 29.4 Å². The molecule has 2 aromatic rings. The van der Waals surface area contributed by atoms with Crippen LogP contribution in [0.2, 0.25) is 5.15 Å². The van der Waals surface area contributed by atoms with Crippen LogP contribution < -0.4 is 0 Å². The van der Waals surface area contributed by atoms with Gasteiger partial charge in [-0.3, -0.25) is 3.97 Å². The van der Waals surface area contributed by atoms with Crippen LogP contribution in [0.4, 0.5) is 8.28 Å². The average molecular weight is 221 g/mol. The summed E-state index contributed by atoms with van der Waals surface area (Å²) in [5.41, 5.74) is 0.258. The molecule has 0 unspecified atom stereocenters. The van der Waals surface area contributed by atoms with Gasteiger partial charge in [0.25, 0.3) is 0 Å². The van der Waals surface area contributed by atoms with Crippen LogP contribution in [0.15, 0.2) is 18.5 Å². The van der Waals surface area contributed by atoms with Gasteiger partial charge in [-0.05, 0) is 6.07 Å². The Morgan fingerprint density at radius 3 is 3.00 bits per heavy atom. The maximum absolute atomic E-state index is 13.0. The predicted octanol–water partition coefficient (Wildman–Crippen LogP) is 3.21. The lowest BCUT2D eigenvalue weighted by Gasteiger charge is -1.98. The highest BCUT2D eigenvalue weighted by Crippen LogP contribution is 2.28. The molecule has 2 nitrogen and oxygen atoms in total. The van der Waals surface area contributed by atoms with Crippen molar-refractivity contribution in [2.75, 3.05) is 0 Å². The third-order valence-corrected chi connectivity index (χ3v) is 2.40. The van der Waals surface area contributed by atoms with Crippen molar-refractivity contribution >= 4 is 34.8 Å². The number of aromatic nitrogens is 2. The molecule has 0 radical (unpaired) electrons. The molecule has 0 aliphatic rings. The maximum atomic E-state index is 13.0. The van der Waals surface area contributed by atoms with E-state index in [9.17, 15) is 8.28 Å². The minimum atomic E-state index is -0.507. The van der Waals surface area contributed by atoms with E-state index in [0.29, 0.717) is 0 Å². The fourth-order valence-electron chi connectivity index (χ4n) is 1.11. The lowest BCUT2D eigenvalue weighted by atomic mass is 10.3. The summed E-state index contributed by atoms with van der Waals surface area (Å²) >= 11 is 5.63. The first-order valence-electron chi connectivity index (χ1n) is 3.34. The van der Waals surface area contributed by atoms with E-state index in [-0.39, 0.29) is 28.4 Å². The van der Waals surface area contributed by atoms with Gasteiger partial charge >= 0.3 is 0 Å². The molecule has 0 atom stereocenters. The van der Waals surface area contributed by atoms with Gasteiger partial charge in [-0.1, -0.05) is 11.6 Å². The molecule has 13 heavy (non-hydrogen) atoms. The van der Waals surface area contributed by atoms with Gasteiger partial charge in [0.1, 0.15) is 5.52 Å². The summed E-state index contributed by atoms with van der Waals surface area (Å²) in [4.78, 5) is 3.58. The molecule has 2 aromatic heterocycles. The van der Waals surface area contributed by atoms with Gasteiger partial charge in [-0.15, -0.1) is 3.89 Å². The van der Waals surface area contributed by atoms with E-state index < -0.39 is 5.82 Å². The number of pyridine rings is 1. The molecule has 0 N–H and O–H groups in total. The Balaban J connectivity index is 2.87. The summed E-state index contributed by atoms with van der Waals surface area (Å²) in [6.45, 7) is 0. The second-order valence-corrected chi connectivity index (χ2v) is 3.26. The van der Waals surface area contributed by atoms with Gasteiger partial charge in [0, 0.05) is 11.6 Å². The van der Waals surface area contributed by atoms with E-state index in [1.807, 2.05) is 0 Å². The molecule has 68 valence electrons. The van der Waals surface area contributed by atoms with E-state index in [2.05, 4.69) is 4.98 Å². The van der Waals surface area contributed by atoms with Gasteiger partial charge in [0.05, 0.1) is 6.20 Å². The van der Waals surface area contributed by atoms with Crippen LogP contribution in [0, 0.1) is 5.82 Å². The number of halogens is 3. The number of hydrogen-bond donors (Lipinski definition) is 0. The summed E-state index contributed by atoms with van der Waals surface area (Å²) in [5, 5.41) is 0.358. The molecule has 6 heteroatoms. The molecule has 0 bridgehead atoms. The van der Waals surface area contributed by atoms with Crippen LogP contribution in [-0.2, 0) is 0 Å². The Hall–Kier alpha value is -0.810. The normalized spacial score (nSPS) is 11.0. The molecule has 2 heterocycles. The van der Waals surface area contributed by atoms with E-state index in [4.69, 9.17) is 11.6 Å². The molecule has 0 saturated heterocycles. The topological polar surface area (TPSA) is 17.8 Å². The van der Waals surface area contributed by atoms with Gasteiger partial charge in [-0.25, -0.2) is 9.37 Å². The highest BCUT2D eigenvalue weighted by Gasteiger charge is 2.10. The summed E-state index contributed by atoms with van der Waals surface area (Å²) in [6, 6.07) is 1.45. The molecule has 0 aliphatic heterocycles. The summed E-state index contributed by atoms with van der Waals surface area (Å²) < 4.78 is 26.4. The van der Waals surface area contributed by atoms with E-state index in [1.165, 1.54) is 12.3 Å². The monoisotopic (exact) mass is 220 g/mol. The van der Waals surface area contributed by atoms with Crippen LogP contribution in [-0.4, -0.2) is 8.96 Å². The number of fused-ring (bicyclic) bond motifs is 1. The average Bonchev–Trinajstić information content (AvgIpc) is 2.56. The Bertz CT molecular complexity index is 457. The summed E-state index contributed by atoms with van der Waals surface area (Å²) in [5.74, 6) is -0.507. The molecule has 0 amide bonds. The maximum Gasteiger partial charge on any atom is 0.169 e. The second-order valence-electron chi connectivity index (χ2n) is 2.37. The van der Waals surface area contributed by atoms with Gasteiger partial charge < -0.3 is 0 Å². The smallest absolute Gasteiger partial charge is 0.169 e. The number of nitrogens with zero attached hydrogens (tertiary/aromatic N) is 2. The Kier molecular flexibility index (Phi) is 2.13. The quantitative estimate of drug-likeness (QED) is 0.687. The Labute approximate surface area is 81.9 Å². The molecule has 2 rings (SSSR count). The minimum Gasteiger partial charge on any atom is -0.261 e. The Morgan fingerprint density at radius 2 is 2.31 bits per heavy atom. The van der Waals surface area contributed by atoms with Gasteiger partial charge in [0.15, 0.2) is 23.3 Å². The molecule has 0 aliphatic carbocycles. The van der Waals surface area contributed by atoms with Crippen LogP contribution >= 0.6 is 23.9 Å². The fraction of sp³-hybridized carbons (Fsp3) is 0. The first-order chi connectivity index (χ1) is 6.24. The van der Waals surface area contributed by atoms with Crippen LogP contribution in [0.5, 0.6) is 0 Å². The highest BCUT2D eigenvalue weighted by molar-refractivity contribution is 7.92. The van der Waals surface area contributed by atoms with Crippen molar-refractivity contribution in [1.82, 2.24) is 8.96 Å². The number of rotatable bonds is 1. The fourth-order valence-corrected chi connectivity index (χ4v) is 1.76. The SMILES string of the molecule is FSn1ccc2c(F)cnc(Cl)c21. The number of hydrogen-bond acceptors (Lipinski definition) is 2. The first-order valence-corrected chi connectivity index (χ1v) is 4.39. The van der Waals surface area contributed by atoms with Crippen molar-refractivity contribution in [2.24, 2.45) is 0 Å². The van der Waals surface area contributed by atoms with Crippen molar-refractivity contribution < 1.29 is 8.28 Å². The third-order valence-electron chi connectivity index (χ3n) is 1.67. The molecular weight excluding hydrogens is 218 g/mol. The van der Waals surface area contributed by atoms with E-state index in [0.717, 1.165) is 10.2 Å². The molecule has 0 saturated carbocycles. The lowest BCUT2D eigenvalue weighted by Crippen LogP contribution is -1.86. The standard InChI is InChI=1S/C7H3ClF2N2S/c8-7-6-4(5(9)3-11-7)1-2-12(6)13-10/h1-3H. The lowest BCUT2D eigenvalue weighted by molar-refractivity contribution is 0.634. The van der Waals surface area contributed by atoms with Crippen molar-refractivity contribution in [3.63, 3.8) is 0 Å². The van der Waals surface area contributed by atoms with Crippen LogP contribution in [0.3, 0.4) is 0 Å². The largest absolute Gasteiger partial charge is 0.261 e. The van der Waals surface area contributed by atoms with Crippen molar-refractivity contribution in [3.8, 4) is 0 Å². The zero-order valence-corrected chi connectivity index (χ0v) is 7.74. The van der Waals surface area contributed by atoms with Crippen molar-refractivity contribution in [2.45, 2.75) is 0 Å². The summed E-state index contributed by atoms with van der Waals surface area (Å²) in [7, 11) is 0. The molecule has 0 spiro atoms. The molecule has 0 fully saturated rings. The van der Waals surface area contributed by atoms with E-state index >= 15 is 0 Å². The molecule has 0 aromatic carbocycles. The van der Waals surface area contributed by atoms with Crippen LogP contribution in [0.25, 0.3) is 10.9 Å².